The van der Waals surface area contributed by atoms with E-state index in [4.69, 9.17) is 9.84 Å². The molecule has 2 N–H and O–H groups in total. The highest BCUT2D eigenvalue weighted by molar-refractivity contribution is 5.78. The zero-order chi connectivity index (χ0) is 13.2. The first-order chi connectivity index (χ1) is 8.72. The molecule has 0 aromatic heterocycles. The Balaban J connectivity index is 2.06. The lowest BCUT2D eigenvalue weighted by molar-refractivity contribution is -0.123. The third-order valence-corrected chi connectivity index (χ3v) is 3.24. The van der Waals surface area contributed by atoms with Gasteiger partial charge < -0.3 is 15.2 Å². The number of carbonyl (C=O) groups is 1. The molecule has 0 aliphatic heterocycles. The Morgan fingerprint density at radius 3 is 2.72 bits per heavy atom. The average Bonchev–Trinajstić information content (AvgIpc) is 2.35. The van der Waals surface area contributed by atoms with E-state index in [0.717, 1.165) is 12.8 Å². The van der Waals surface area contributed by atoms with Crippen LogP contribution in [0.3, 0.4) is 0 Å². The topological polar surface area (TPSA) is 61.8 Å². The standard InChI is InChI=1S/C13H26N2O3/c1-15(7-9-18-10-8-16)11-13(17)14-12-5-3-2-4-6-12/h12,16H,2-11H2,1H3,(H,14,17). The molecule has 5 nitrogen and oxygen atoms in total. The van der Waals surface area contributed by atoms with Gasteiger partial charge in [0.25, 0.3) is 0 Å². The van der Waals surface area contributed by atoms with Gasteiger partial charge in [0.05, 0.1) is 26.4 Å². The van der Waals surface area contributed by atoms with Crippen molar-refractivity contribution in [1.29, 1.82) is 0 Å². The van der Waals surface area contributed by atoms with Crippen molar-refractivity contribution < 1.29 is 14.6 Å². The van der Waals surface area contributed by atoms with Gasteiger partial charge in [-0.15, -0.1) is 0 Å². The highest BCUT2D eigenvalue weighted by Crippen LogP contribution is 2.17. The lowest BCUT2D eigenvalue weighted by atomic mass is 9.95. The Hall–Kier alpha value is -0.650. The van der Waals surface area contributed by atoms with Crippen molar-refractivity contribution in [2.24, 2.45) is 0 Å². The van der Waals surface area contributed by atoms with Crippen LogP contribution in [0, 0.1) is 0 Å². The number of ether oxygens (including phenoxy) is 1. The Morgan fingerprint density at radius 1 is 1.33 bits per heavy atom. The van der Waals surface area contributed by atoms with Crippen LogP contribution in [-0.4, -0.2) is 61.9 Å². The maximum Gasteiger partial charge on any atom is 0.234 e. The highest BCUT2D eigenvalue weighted by Gasteiger charge is 2.16. The Morgan fingerprint density at radius 2 is 2.06 bits per heavy atom. The van der Waals surface area contributed by atoms with Crippen LogP contribution >= 0.6 is 0 Å². The molecule has 0 heterocycles. The summed E-state index contributed by atoms with van der Waals surface area (Å²) >= 11 is 0. The molecule has 5 heteroatoms. The molecule has 0 atom stereocenters. The van der Waals surface area contributed by atoms with Crippen LogP contribution in [0.2, 0.25) is 0 Å². The van der Waals surface area contributed by atoms with E-state index in [-0.39, 0.29) is 12.5 Å². The van der Waals surface area contributed by atoms with Gasteiger partial charge in [0.1, 0.15) is 0 Å². The van der Waals surface area contributed by atoms with E-state index in [9.17, 15) is 4.79 Å². The van der Waals surface area contributed by atoms with Gasteiger partial charge in [0, 0.05) is 12.6 Å². The molecular formula is C13H26N2O3. The number of aliphatic hydroxyl groups is 1. The molecule has 0 bridgehead atoms. The summed E-state index contributed by atoms with van der Waals surface area (Å²) in [6.45, 7) is 2.08. The van der Waals surface area contributed by atoms with Crippen molar-refractivity contribution in [2.45, 2.75) is 38.1 Å². The van der Waals surface area contributed by atoms with Crippen LogP contribution in [0.15, 0.2) is 0 Å². The second kappa shape index (κ2) is 9.30. The summed E-state index contributed by atoms with van der Waals surface area (Å²) in [4.78, 5) is 13.7. The second-order valence-electron chi connectivity index (χ2n) is 4.98. The number of hydrogen-bond donors (Lipinski definition) is 2. The number of carbonyl (C=O) groups excluding carboxylic acids is 1. The third kappa shape index (κ3) is 6.93. The molecule has 0 unspecified atom stereocenters. The first-order valence-corrected chi connectivity index (χ1v) is 6.89. The molecule has 18 heavy (non-hydrogen) atoms. The monoisotopic (exact) mass is 258 g/mol. The van der Waals surface area contributed by atoms with Gasteiger partial charge in [-0.25, -0.2) is 0 Å². The van der Waals surface area contributed by atoms with Crippen molar-refractivity contribution in [3.8, 4) is 0 Å². The fourth-order valence-electron chi connectivity index (χ4n) is 2.23. The Labute approximate surface area is 109 Å². The largest absolute Gasteiger partial charge is 0.394 e. The lowest BCUT2D eigenvalue weighted by Gasteiger charge is -2.24. The van der Waals surface area contributed by atoms with Crippen LogP contribution in [0.5, 0.6) is 0 Å². The number of rotatable bonds is 8. The SMILES string of the molecule is CN(CCOCCO)CC(=O)NC1CCCCC1. The summed E-state index contributed by atoms with van der Waals surface area (Å²) in [5.41, 5.74) is 0. The predicted octanol–water partition coefficient (Wildman–Crippen LogP) is 0.376. The molecule has 0 radical (unpaired) electrons. The van der Waals surface area contributed by atoms with E-state index in [2.05, 4.69) is 5.32 Å². The maximum atomic E-state index is 11.8. The molecule has 0 aromatic rings. The lowest BCUT2D eigenvalue weighted by Crippen LogP contribution is -2.42. The van der Waals surface area contributed by atoms with Crippen LogP contribution in [0.25, 0.3) is 0 Å². The summed E-state index contributed by atoms with van der Waals surface area (Å²) in [6, 6.07) is 0.380. The minimum absolute atomic E-state index is 0.0475. The minimum Gasteiger partial charge on any atom is -0.394 e. The van der Waals surface area contributed by atoms with Crippen LogP contribution in [0.4, 0.5) is 0 Å². The highest BCUT2D eigenvalue weighted by atomic mass is 16.5. The van der Waals surface area contributed by atoms with Crippen molar-refractivity contribution in [2.75, 3.05) is 40.0 Å². The maximum absolute atomic E-state index is 11.8. The van der Waals surface area contributed by atoms with Gasteiger partial charge in [-0.3, -0.25) is 9.69 Å². The predicted molar refractivity (Wildman–Crippen MR) is 70.4 cm³/mol. The quantitative estimate of drug-likeness (QED) is 0.618. The number of hydrogen-bond acceptors (Lipinski definition) is 4. The summed E-state index contributed by atoms with van der Waals surface area (Å²) in [6.07, 6.45) is 6.00. The van der Waals surface area contributed by atoms with E-state index in [0.29, 0.717) is 32.3 Å². The minimum atomic E-state index is 0.0475. The summed E-state index contributed by atoms with van der Waals surface area (Å²) in [5.74, 6) is 0.103. The van der Waals surface area contributed by atoms with Gasteiger partial charge in [-0.1, -0.05) is 19.3 Å². The van der Waals surface area contributed by atoms with Gasteiger partial charge in [-0.2, -0.15) is 0 Å². The number of nitrogens with one attached hydrogen (secondary N) is 1. The van der Waals surface area contributed by atoms with E-state index in [1.807, 2.05) is 11.9 Å². The van der Waals surface area contributed by atoms with E-state index >= 15 is 0 Å². The number of likely N-dealkylation sites (N-methyl/N-ethyl adjacent to an activating group) is 1. The Bertz CT molecular complexity index is 230. The van der Waals surface area contributed by atoms with Crippen molar-refractivity contribution in [3.63, 3.8) is 0 Å². The van der Waals surface area contributed by atoms with Gasteiger partial charge in [-0.05, 0) is 19.9 Å². The van der Waals surface area contributed by atoms with Crippen molar-refractivity contribution in [1.82, 2.24) is 10.2 Å². The average molecular weight is 258 g/mol. The molecule has 0 spiro atoms. The first kappa shape index (κ1) is 15.4. The number of aliphatic hydroxyl groups excluding tert-OH is 1. The molecule has 1 amide bonds. The summed E-state index contributed by atoms with van der Waals surface area (Å²) in [7, 11) is 1.91. The third-order valence-electron chi connectivity index (χ3n) is 3.24. The Kier molecular flexibility index (Phi) is 7.96. The fraction of sp³-hybridized carbons (Fsp3) is 0.923. The zero-order valence-corrected chi connectivity index (χ0v) is 11.4. The molecule has 1 rings (SSSR count). The first-order valence-electron chi connectivity index (χ1n) is 6.89. The second-order valence-corrected chi connectivity index (χ2v) is 4.98. The molecule has 0 aromatic carbocycles. The fourth-order valence-corrected chi connectivity index (χ4v) is 2.23. The molecular weight excluding hydrogens is 232 g/mol. The summed E-state index contributed by atoms with van der Waals surface area (Å²) in [5, 5.41) is 11.6. The molecule has 1 aliphatic carbocycles. The van der Waals surface area contributed by atoms with Gasteiger partial charge >= 0.3 is 0 Å². The van der Waals surface area contributed by atoms with E-state index in [1.165, 1.54) is 19.3 Å². The van der Waals surface area contributed by atoms with E-state index < -0.39 is 0 Å². The zero-order valence-electron chi connectivity index (χ0n) is 11.4. The van der Waals surface area contributed by atoms with Crippen LogP contribution < -0.4 is 5.32 Å². The van der Waals surface area contributed by atoms with Crippen molar-refractivity contribution >= 4 is 5.91 Å². The van der Waals surface area contributed by atoms with Crippen LogP contribution in [0.1, 0.15) is 32.1 Å². The molecule has 0 saturated heterocycles. The van der Waals surface area contributed by atoms with Gasteiger partial charge in [0.15, 0.2) is 0 Å². The van der Waals surface area contributed by atoms with Gasteiger partial charge in [0.2, 0.25) is 5.91 Å². The number of nitrogens with zero attached hydrogens (tertiary/aromatic N) is 1. The molecule has 1 aliphatic rings. The molecule has 106 valence electrons. The molecule has 1 saturated carbocycles. The number of amides is 1. The normalized spacial score (nSPS) is 17.1. The van der Waals surface area contributed by atoms with E-state index in [1.54, 1.807) is 0 Å². The smallest absolute Gasteiger partial charge is 0.234 e. The summed E-state index contributed by atoms with van der Waals surface area (Å²) < 4.78 is 5.16. The van der Waals surface area contributed by atoms with Crippen molar-refractivity contribution in [3.05, 3.63) is 0 Å². The van der Waals surface area contributed by atoms with Crippen LogP contribution in [-0.2, 0) is 9.53 Å². The molecule has 1 fully saturated rings.